The molecule has 0 spiro atoms. The molecule has 0 saturated carbocycles. The summed E-state index contributed by atoms with van der Waals surface area (Å²) >= 11 is 0. The number of carbonyl (C=O) groups excluding carboxylic acids is 3. The molecule has 2 aliphatic rings. The monoisotopic (exact) mass is 396 g/mol. The maximum absolute atomic E-state index is 13.0. The van der Waals surface area contributed by atoms with Crippen LogP contribution in [0.4, 0.5) is 10.5 Å². The van der Waals surface area contributed by atoms with Gasteiger partial charge in [0.2, 0.25) is 6.79 Å². The molecular weight excluding hydrogens is 380 g/mol. The van der Waals surface area contributed by atoms with Crippen molar-refractivity contribution < 1.29 is 33.3 Å². The first-order valence-electron chi connectivity index (χ1n) is 8.55. The Balaban J connectivity index is 1.74. The number of methoxy groups -OCH3 is 2. The minimum Gasteiger partial charge on any atom is -0.497 e. The Morgan fingerprint density at radius 3 is 2.34 bits per heavy atom. The van der Waals surface area contributed by atoms with Gasteiger partial charge in [-0.05, 0) is 36.4 Å². The third-order valence-electron chi connectivity index (χ3n) is 4.46. The molecule has 4 rings (SSSR count). The maximum atomic E-state index is 13.0. The van der Waals surface area contributed by atoms with Crippen LogP contribution in [0, 0.1) is 0 Å². The number of carbonyl (C=O) groups is 3. The molecule has 29 heavy (non-hydrogen) atoms. The summed E-state index contributed by atoms with van der Waals surface area (Å²) < 4.78 is 21.1. The lowest BCUT2D eigenvalue weighted by atomic mass is 10.1. The van der Waals surface area contributed by atoms with E-state index in [1.165, 1.54) is 20.3 Å². The standard InChI is InChI=1S/C20H16N2O7/c1-26-13-5-3-12(4-6-13)22-19(24)14(18(23)21-20(22)25)7-11-8-16-17(29-10-28-16)9-15(11)27-2/h3-9H,10H2,1-2H3,(H,21,23,25)/b14-7-. The van der Waals surface area contributed by atoms with Crippen LogP contribution in [0.25, 0.3) is 6.08 Å². The Kier molecular flexibility index (Phi) is 4.55. The highest BCUT2D eigenvalue weighted by Crippen LogP contribution is 2.39. The molecule has 2 aliphatic heterocycles. The molecule has 4 amide bonds. The highest BCUT2D eigenvalue weighted by Gasteiger charge is 2.37. The van der Waals surface area contributed by atoms with E-state index >= 15 is 0 Å². The van der Waals surface area contributed by atoms with Crippen LogP contribution in [0.1, 0.15) is 5.56 Å². The van der Waals surface area contributed by atoms with Crippen molar-refractivity contribution in [1.29, 1.82) is 0 Å². The van der Waals surface area contributed by atoms with E-state index in [4.69, 9.17) is 18.9 Å². The minimum atomic E-state index is -0.833. The number of amides is 4. The summed E-state index contributed by atoms with van der Waals surface area (Å²) in [6.45, 7) is 0.0671. The third kappa shape index (κ3) is 3.22. The first kappa shape index (κ1) is 18.4. The van der Waals surface area contributed by atoms with Crippen molar-refractivity contribution in [3.05, 3.63) is 47.5 Å². The van der Waals surface area contributed by atoms with E-state index in [1.807, 2.05) is 0 Å². The van der Waals surface area contributed by atoms with Crippen molar-refractivity contribution in [2.45, 2.75) is 0 Å². The van der Waals surface area contributed by atoms with Gasteiger partial charge in [0, 0.05) is 11.6 Å². The number of anilines is 1. The molecule has 9 nitrogen and oxygen atoms in total. The van der Waals surface area contributed by atoms with Gasteiger partial charge in [-0.15, -0.1) is 0 Å². The highest BCUT2D eigenvalue weighted by molar-refractivity contribution is 6.39. The van der Waals surface area contributed by atoms with Gasteiger partial charge in [0.25, 0.3) is 11.8 Å². The molecule has 0 radical (unpaired) electrons. The van der Waals surface area contributed by atoms with E-state index in [-0.39, 0.29) is 12.4 Å². The summed E-state index contributed by atoms with van der Waals surface area (Å²) in [5, 5.41) is 2.18. The third-order valence-corrected chi connectivity index (χ3v) is 4.46. The van der Waals surface area contributed by atoms with E-state index in [9.17, 15) is 14.4 Å². The average Bonchev–Trinajstić information content (AvgIpc) is 3.18. The van der Waals surface area contributed by atoms with Crippen LogP contribution >= 0.6 is 0 Å². The lowest BCUT2D eigenvalue weighted by molar-refractivity contribution is -0.122. The number of nitrogens with zero attached hydrogens (tertiary/aromatic N) is 1. The van der Waals surface area contributed by atoms with Crippen LogP contribution in [-0.2, 0) is 9.59 Å². The van der Waals surface area contributed by atoms with Crippen molar-refractivity contribution in [1.82, 2.24) is 5.32 Å². The second kappa shape index (κ2) is 7.19. The Morgan fingerprint density at radius 2 is 1.69 bits per heavy atom. The van der Waals surface area contributed by atoms with Crippen molar-refractivity contribution in [3.63, 3.8) is 0 Å². The number of fused-ring (bicyclic) bond motifs is 1. The first-order valence-corrected chi connectivity index (χ1v) is 8.55. The number of nitrogens with one attached hydrogen (secondary N) is 1. The summed E-state index contributed by atoms with van der Waals surface area (Å²) in [4.78, 5) is 38.5. The average molecular weight is 396 g/mol. The second-order valence-corrected chi connectivity index (χ2v) is 6.10. The van der Waals surface area contributed by atoms with Gasteiger partial charge in [-0.1, -0.05) is 0 Å². The first-order chi connectivity index (χ1) is 14.0. The summed E-state index contributed by atoms with van der Waals surface area (Å²) in [6.07, 6.45) is 1.35. The SMILES string of the molecule is COc1ccc(N2C(=O)NC(=O)/C(=C/c3cc4c(cc3OC)OCO4)C2=O)cc1. The zero-order valence-corrected chi connectivity index (χ0v) is 15.6. The predicted molar refractivity (Wildman–Crippen MR) is 101 cm³/mol. The fourth-order valence-corrected chi connectivity index (χ4v) is 3.01. The Bertz CT molecular complexity index is 1040. The zero-order valence-electron chi connectivity index (χ0n) is 15.6. The van der Waals surface area contributed by atoms with Gasteiger partial charge in [0.05, 0.1) is 19.9 Å². The number of ether oxygens (including phenoxy) is 4. The molecule has 0 bridgehead atoms. The van der Waals surface area contributed by atoms with Crippen LogP contribution in [0.15, 0.2) is 42.0 Å². The lowest BCUT2D eigenvalue weighted by Crippen LogP contribution is -2.54. The van der Waals surface area contributed by atoms with Gasteiger partial charge < -0.3 is 18.9 Å². The molecule has 0 aromatic heterocycles. The van der Waals surface area contributed by atoms with E-state index in [2.05, 4.69) is 5.32 Å². The van der Waals surface area contributed by atoms with Crippen LogP contribution < -0.4 is 29.2 Å². The zero-order chi connectivity index (χ0) is 20.5. The van der Waals surface area contributed by atoms with Gasteiger partial charge in [0.1, 0.15) is 17.1 Å². The highest BCUT2D eigenvalue weighted by atomic mass is 16.7. The Labute approximate surface area is 165 Å². The van der Waals surface area contributed by atoms with Crippen LogP contribution in [0.5, 0.6) is 23.0 Å². The van der Waals surface area contributed by atoms with Gasteiger partial charge in [-0.25, -0.2) is 9.69 Å². The van der Waals surface area contributed by atoms with Crippen LogP contribution in [-0.4, -0.2) is 38.9 Å². The largest absolute Gasteiger partial charge is 0.497 e. The number of urea groups is 1. The fraction of sp³-hybridized carbons (Fsp3) is 0.150. The van der Waals surface area contributed by atoms with Gasteiger partial charge in [-0.3, -0.25) is 14.9 Å². The summed E-state index contributed by atoms with van der Waals surface area (Å²) in [5.41, 5.74) is 0.501. The van der Waals surface area contributed by atoms with E-state index in [0.29, 0.717) is 34.2 Å². The molecule has 1 N–H and O–H groups in total. The molecule has 148 valence electrons. The Morgan fingerprint density at radius 1 is 1.00 bits per heavy atom. The molecule has 9 heteroatoms. The summed E-state index contributed by atoms with van der Waals surface area (Å²) in [6, 6.07) is 8.68. The molecular formula is C20H16N2O7. The molecule has 2 aromatic carbocycles. The summed E-state index contributed by atoms with van der Waals surface area (Å²) in [7, 11) is 2.96. The number of imide groups is 2. The van der Waals surface area contributed by atoms with Gasteiger partial charge >= 0.3 is 6.03 Å². The molecule has 2 heterocycles. The molecule has 0 unspecified atom stereocenters. The number of barbiturate groups is 1. The van der Waals surface area contributed by atoms with Gasteiger partial charge in [-0.2, -0.15) is 0 Å². The fourth-order valence-electron chi connectivity index (χ4n) is 3.01. The second-order valence-electron chi connectivity index (χ2n) is 6.10. The molecule has 0 atom stereocenters. The molecule has 1 saturated heterocycles. The van der Waals surface area contributed by atoms with Crippen molar-refractivity contribution in [2.24, 2.45) is 0 Å². The van der Waals surface area contributed by atoms with Crippen LogP contribution in [0.3, 0.4) is 0 Å². The smallest absolute Gasteiger partial charge is 0.335 e. The topological polar surface area (TPSA) is 103 Å². The quantitative estimate of drug-likeness (QED) is 0.623. The molecule has 2 aromatic rings. The number of benzene rings is 2. The number of hydrogen-bond acceptors (Lipinski definition) is 7. The van der Waals surface area contributed by atoms with E-state index in [0.717, 1.165) is 4.90 Å². The maximum Gasteiger partial charge on any atom is 0.335 e. The lowest BCUT2D eigenvalue weighted by Gasteiger charge is -2.26. The Hall–Kier alpha value is -4.01. The normalized spacial score (nSPS) is 16.8. The van der Waals surface area contributed by atoms with Crippen molar-refractivity contribution in [3.8, 4) is 23.0 Å². The number of rotatable bonds is 4. The van der Waals surface area contributed by atoms with E-state index < -0.39 is 17.8 Å². The number of hydrogen-bond donors (Lipinski definition) is 1. The summed E-state index contributed by atoms with van der Waals surface area (Å²) in [5.74, 6) is 0.349. The van der Waals surface area contributed by atoms with Crippen LogP contribution in [0.2, 0.25) is 0 Å². The molecule has 1 fully saturated rings. The van der Waals surface area contributed by atoms with Gasteiger partial charge in [0.15, 0.2) is 11.5 Å². The van der Waals surface area contributed by atoms with E-state index in [1.54, 1.807) is 36.4 Å². The minimum absolute atomic E-state index is 0.0671. The predicted octanol–water partition coefficient (Wildman–Crippen LogP) is 2.10. The van der Waals surface area contributed by atoms with Crippen molar-refractivity contribution >= 4 is 29.6 Å². The molecule has 0 aliphatic carbocycles. The van der Waals surface area contributed by atoms with Crippen molar-refractivity contribution in [2.75, 3.05) is 25.9 Å².